The molecule has 2 rings (SSSR count). The topological polar surface area (TPSA) is 30.5 Å². The van der Waals surface area contributed by atoms with Crippen LogP contribution < -0.4 is 14.8 Å². The van der Waals surface area contributed by atoms with Crippen LogP contribution in [0.3, 0.4) is 0 Å². The molecule has 0 aromatic heterocycles. The number of benzene rings is 2. The van der Waals surface area contributed by atoms with Crippen LogP contribution in [0.2, 0.25) is 5.02 Å². The fourth-order valence-electron chi connectivity index (χ4n) is 2.01. The quantitative estimate of drug-likeness (QED) is 0.800. The van der Waals surface area contributed by atoms with Gasteiger partial charge in [0.05, 0.1) is 13.7 Å². The molecule has 3 nitrogen and oxygen atoms in total. The summed E-state index contributed by atoms with van der Waals surface area (Å²) < 4.78 is 11.0. The highest BCUT2D eigenvalue weighted by atomic mass is 35.5. The highest BCUT2D eigenvalue weighted by Crippen LogP contribution is 2.27. The summed E-state index contributed by atoms with van der Waals surface area (Å²) in [6.07, 6.45) is 0.995. The summed E-state index contributed by atoms with van der Waals surface area (Å²) in [6, 6.07) is 13.6. The molecule has 1 N–H and O–H groups in total. The fourth-order valence-corrected chi connectivity index (χ4v) is 2.24. The maximum absolute atomic E-state index is 6.23. The Morgan fingerprint density at radius 1 is 1.14 bits per heavy atom. The lowest BCUT2D eigenvalue weighted by molar-refractivity contribution is 0.317. The lowest BCUT2D eigenvalue weighted by Crippen LogP contribution is -2.03. The number of rotatable bonds is 7. The van der Waals surface area contributed by atoms with Crippen LogP contribution in [0.4, 0.5) is 5.69 Å². The van der Waals surface area contributed by atoms with Crippen molar-refractivity contribution < 1.29 is 9.47 Å². The van der Waals surface area contributed by atoms with Crippen molar-refractivity contribution in [2.75, 3.05) is 19.0 Å². The Balaban J connectivity index is 2.06. The van der Waals surface area contributed by atoms with E-state index in [9.17, 15) is 0 Å². The van der Waals surface area contributed by atoms with Crippen LogP contribution in [0.1, 0.15) is 18.9 Å². The molecule has 2 aromatic carbocycles. The van der Waals surface area contributed by atoms with Gasteiger partial charge in [-0.2, -0.15) is 0 Å². The van der Waals surface area contributed by atoms with E-state index < -0.39 is 0 Å². The molecule has 0 saturated heterocycles. The van der Waals surface area contributed by atoms with E-state index in [0.29, 0.717) is 11.6 Å². The average molecular weight is 306 g/mol. The van der Waals surface area contributed by atoms with Gasteiger partial charge in [-0.25, -0.2) is 0 Å². The van der Waals surface area contributed by atoms with Crippen LogP contribution in [0.25, 0.3) is 0 Å². The molecule has 112 valence electrons. The van der Waals surface area contributed by atoms with Gasteiger partial charge in [-0.3, -0.25) is 0 Å². The molecule has 0 aliphatic rings. The van der Waals surface area contributed by atoms with Crippen molar-refractivity contribution in [1.29, 1.82) is 0 Å². The minimum atomic E-state index is 0.597. The van der Waals surface area contributed by atoms with Crippen LogP contribution in [0.15, 0.2) is 42.5 Å². The van der Waals surface area contributed by atoms with Crippen molar-refractivity contribution in [3.05, 3.63) is 53.1 Å². The summed E-state index contributed by atoms with van der Waals surface area (Å²) in [4.78, 5) is 0. The standard InChI is InChI=1S/C17H20ClNO2/c1-3-10-21-14-7-4-6-13(11-14)19-12-15-16(18)8-5-9-17(15)20-2/h4-9,11,19H,3,10,12H2,1-2H3. The second-order valence-corrected chi connectivity index (χ2v) is 5.06. The molecule has 2 aromatic rings. The Hall–Kier alpha value is -1.87. The summed E-state index contributed by atoms with van der Waals surface area (Å²) in [5.74, 6) is 1.65. The van der Waals surface area contributed by atoms with Crippen molar-refractivity contribution >= 4 is 17.3 Å². The Labute approximate surface area is 130 Å². The van der Waals surface area contributed by atoms with Crippen LogP contribution in [0.5, 0.6) is 11.5 Å². The fraction of sp³-hybridized carbons (Fsp3) is 0.294. The third kappa shape index (κ3) is 4.30. The van der Waals surface area contributed by atoms with Crippen molar-refractivity contribution in [3.63, 3.8) is 0 Å². The Morgan fingerprint density at radius 3 is 2.71 bits per heavy atom. The highest BCUT2D eigenvalue weighted by molar-refractivity contribution is 6.31. The van der Waals surface area contributed by atoms with E-state index in [1.54, 1.807) is 7.11 Å². The van der Waals surface area contributed by atoms with E-state index in [0.717, 1.165) is 35.8 Å². The molecule has 0 fully saturated rings. The first kappa shape index (κ1) is 15.5. The van der Waals surface area contributed by atoms with Crippen molar-refractivity contribution in [3.8, 4) is 11.5 Å². The van der Waals surface area contributed by atoms with E-state index in [4.69, 9.17) is 21.1 Å². The van der Waals surface area contributed by atoms with Gasteiger partial charge in [0.1, 0.15) is 11.5 Å². The summed E-state index contributed by atoms with van der Waals surface area (Å²) >= 11 is 6.23. The van der Waals surface area contributed by atoms with Crippen LogP contribution in [-0.2, 0) is 6.54 Å². The van der Waals surface area contributed by atoms with E-state index in [1.807, 2.05) is 42.5 Å². The molecule has 4 heteroatoms. The summed E-state index contributed by atoms with van der Waals surface area (Å²) in [5.41, 5.74) is 1.94. The molecule has 0 radical (unpaired) electrons. The van der Waals surface area contributed by atoms with Gasteiger partial charge < -0.3 is 14.8 Å². The van der Waals surface area contributed by atoms with Crippen LogP contribution >= 0.6 is 11.6 Å². The zero-order valence-electron chi connectivity index (χ0n) is 12.4. The van der Waals surface area contributed by atoms with Crippen LogP contribution in [-0.4, -0.2) is 13.7 Å². The zero-order chi connectivity index (χ0) is 15.1. The van der Waals surface area contributed by atoms with Crippen molar-refractivity contribution in [2.24, 2.45) is 0 Å². The lowest BCUT2D eigenvalue weighted by Gasteiger charge is -2.13. The van der Waals surface area contributed by atoms with Crippen molar-refractivity contribution in [2.45, 2.75) is 19.9 Å². The molecule has 0 heterocycles. The normalized spacial score (nSPS) is 10.2. The van der Waals surface area contributed by atoms with E-state index in [-0.39, 0.29) is 0 Å². The molecule has 0 saturated carbocycles. The van der Waals surface area contributed by atoms with Gasteiger partial charge in [0, 0.05) is 28.9 Å². The molecule has 0 atom stereocenters. The third-order valence-corrected chi connectivity index (χ3v) is 3.43. The molecule has 0 amide bonds. The van der Waals surface area contributed by atoms with Gasteiger partial charge in [-0.1, -0.05) is 30.7 Å². The first-order valence-corrected chi connectivity index (χ1v) is 7.40. The molecule has 0 aliphatic heterocycles. The largest absolute Gasteiger partial charge is 0.496 e. The minimum absolute atomic E-state index is 0.597. The molecular weight excluding hydrogens is 286 g/mol. The van der Waals surface area contributed by atoms with E-state index in [1.165, 1.54) is 0 Å². The number of hydrogen-bond donors (Lipinski definition) is 1. The molecule has 0 spiro atoms. The summed E-state index contributed by atoms with van der Waals surface area (Å²) in [7, 11) is 1.65. The molecule has 0 unspecified atom stereocenters. The monoisotopic (exact) mass is 305 g/mol. The summed E-state index contributed by atoms with van der Waals surface area (Å²) in [5, 5.41) is 4.04. The summed E-state index contributed by atoms with van der Waals surface area (Å²) in [6.45, 7) is 3.41. The molecule has 0 aliphatic carbocycles. The second-order valence-electron chi connectivity index (χ2n) is 4.65. The zero-order valence-corrected chi connectivity index (χ0v) is 13.1. The third-order valence-electron chi connectivity index (χ3n) is 3.07. The highest BCUT2D eigenvalue weighted by Gasteiger charge is 2.07. The van der Waals surface area contributed by atoms with Gasteiger partial charge >= 0.3 is 0 Å². The maximum atomic E-state index is 6.23. The maximum Gasteiger partial charge on any atom is 0.125 e. The first-order chi connectivity index (χ1) is 10.2. The molecule has 21 heavy (non-hydrogen) atoms. The lowest BCUT2D eigenvalue weighted by atomic mass is 10.2. The average Bonchev–Trinajstić information content (AvgIpc) is 2.52. The van der Waals surface area contributed by atoms with Gasteiger partial charge in [-0.05, 0) is 30.7 Å². The Morgan fingerprint density at radius 2 is 1.95 bits per heavy atom. The number of ether oxygens (including phenoxy) is 2. The number of hydrogen-bond acceptors (Lipinski definition) is 3. The first-order valence-electron chi connectivity index (χ1n) is 7.02. The Bertz CT molecular complexity index is 587. The smallest absolute Gasteiger partial charge is 0.125 e. The number of anilines is 1. The van der Waals surface area contributed by atoms with Gasteiger partial charge in [-0.15, -0.1) is 0 Å². The van der Waals surface area contributed by atoms with Crippen LogP contribution in [0, 0.1) is 0 Å². The number of methoxy groups -OCH3 is 1. The molecular formula is C17H20ClNO2. The van der Waals surface area contributed by atoms with Gasteiger partial charge in [0.2, 0.25) is 0 Å². The van der Waals surface area contributed by atoms with Gasteiger partial charge in [0.25, 0.3) is 0 Å². The van der Waals surface area contributed by atoms with Crippen molar-refractivity contribution in [1.82, 2.24) is 0 Å². The van der Waals surface area contributed by atoms with Gasteiger partial charge in [0.15, 0.2) is 0 Å². The number of nitrogens with one attached hydrogen (secondary N) is 1. The van der Waals surface area contributed by atoms with E-state index in [2.05, 4.69) is 12.2 Å². The number of halogens is 1. The molecule has 0 bridgehead atoms. The minimum Gasteiger partial charge on any atom is -0.496 e. The SMILES string of the molecule is CCCOc1cccc(NCc2c(Cl)cccc2OC)c1. The Kier molecular flexibility index (Phi) is 5.76. The second kappa shape index (κ2) is 7.79. The predicted molar refractivity (Wildman–Crippen MR) is 87.6 cm³/mol. The predicted octanol–water partition coefficient (Wildman–Crippen LogP) is 4.75. The van der Waals surface area contributed by atoms with E-state index >= 15 is 0 Å².